The minimum atomic E-state index is -0.162. The van der Waals surface area contributed by atoms with E-state index in [-0.39, 0.29) is 18.1 Å². The van der Waals surface area contributed by atoms with Crippen LogP contribution in [0.15, 0.2) is 12.2 Å². The van der Waals surface area contributed by atoms with Crippen LogP contribution >= 0.6 is 0 Å². The molecule has 0 aliphatic heterocycles. The molecule has 3 heteroatoms. The summed E-state index contributed by atoms with van der Waals surface area (Å²) in [7, 11) is 0. The van der Waals surface area contributed by atoms with Crippen molar-refractivity contribution < 1.29 is 9.90 Å². The van der Waals surface area contributed by atoms with Gasteiger partial charge in [-0.05, 0) is 44.9 Å². The molecule has 153 valence electrons. The standard InChI is InChI=1S/C23H44NO2/c1-4-7-8-15-18-22(25)19-16-13-11-9-10-12-14-17-20-23(26)24-21(5-2)6-3/h13,16,21-22,25H,2,4-12,14-15,17-20H2,1,3H3,(H,24,26)/b16-13-/t21?,22-/m1/s1. The smallest absolute Gasteiger partial charge is 0.220 e. The predicted octanol–water partition coefficient (Wildman–Crippen LogP) is 6.11. The van der Waals surface area contributed by atoms with Crippen LogP contribution in [0.1, 0.15) is 110 Å². The number of carbonyl (C=O) groups excluding carboxylic acids is 1. The number of hydrogen-bond acceptors (Lipinski definition) is 2. The molecule has 0 aliphatic carbocycles. The molecule has 0 aromatic rings. The summed E-state index contributed by atoms with van der Waals surface area (Å²) < 4.78 is 0. The second-order valence-corrected chi connectivity index (χ2v) is 7.48. The second kappa shape index (κ2) is 18.9. The van der Waals surface area contributed by atoms with Crippen LogP contribution in [0, 0.1) is 6.92 Å². The molecule has 1 radical (unpaired) electrons. The lowest BCUT2D eigenvalue weighted by atomic mass is 10.1. The van der Waals surface area contributed by atoms with E-state index < -0.39 is 0 Å². The second-order valence-electron chi connectivity index (χ2n) is 7.48. The Labute approximate surface area is 163 Å². The Bertz CT molecular complexity index is 337. The van der Waals surface area contributed by atoms with E-state index in [1.165, 1.54) is 38.5 Å². The van der Waals surface area contributed by atoms with Crippen molar-refractivity contribution in [2.24, 2.45) is 0 Å². The van der Waals surface area contributed by atoms with Crippen molar-refractivity contribution in [2.45, 2.75) is 122 Å². The zero-order valence-electron chi connectivity index (χ0n) is 17.5. The van der Waals surface area contributed by atoms with Crippen LogP contribution < -0.4 is 5.32 Å². The third kappa shape index (κ3) is 16.6. The molecular weight excluding hydrogens is 322 g/mol. The Morgan fingerprint density at radius 3 is 2.38 bits per heavy atom. The fourth-order valence-corrected chi connectivity index (χ4v) is 3.05. The SMILES string of the molecule is [CH2]CC(CC)NC(=O)CCCCCCC/C=C\C[C@H](O)CCCCCC. The summed E-state index contributed by atoms with van der Waals surface area (Å²) in [6.07, 6.45) is 20.1. The zero-order chi connectivity index (χ0) is 19.5. The summed E-state index contributed by atoms with van der Waals surface area (Å²) in [4.78, 5) is 11.8. The summed E-state index contributed by atoms with van der Waals surface area (Å²) in [6.45, 7) is 8.15. The van der Waals surface area contributed by atoms with E-state index in [1.54, 1.807) is 0 Å². The number of rotatable bonds is 18. The molecule has 0 aliphatic rings. The van der Waals surface area contributed by atoms with Crippen LogP contribution in [0.5, 0.6) is 0 Å². The monoisotopic (exact) mass is 366 g/mol. The van der Waals surface area contributed by atoms with E-state index in [0.717, 1.165) is 51.4 Å². The molecule has 3 nitrogen and oxygen atoms in total. The molecule has 0 saturated heterocycles. The van der Waals surface area contributed by atoms with Crippen molar-refractivity contribution in [3.63, 3.8) is 0 Å². The topological polar surface area (TPSA) is 49.3 Å². The van der Waals surface area contributed by atoms with Crippen LogP contribution in [0.25, 0.3) is 0 Å². The third-order valence-corrected chi connectivity index (χ3v) is 4.95. The zero-order valence-corrected chi connectivity index (χ0v) is 17.5. The lowest BCUT2D eigenvalue weighted by molar-refractivity contribution is -0.121. The normalized spacial score (nSPS) is 12.8. The first-order valence-corrected chi connectivity index (χ1v) is 11.1. The average molecular weight is 367 g/mol. The van der Waals surface area contributed by atoms with E-state index in [4.69, 9.17) is 0 Å². The molecule has 0 fully saturated rings. The van der Waals surface area contributed by atoms with Gasteiger partial charge in [0.2, 0.25) is 5.91 Å². The quantitative estimate of drug-likeness (QED) is 0.227. The summed E-state index contributed by atoms with van der Waals surface area (Å²) in [5, 5.41) is 12.9. The molecule has 0 heterocycles. The van der Waals surface area contributed by atoms with Gasteiger partial charge in [-0.25, -0.2) is 0 Å². The highest BCUT2D eigenvalue weighted by atomic mass is 16.3. The van der Waals surface area contributed by atoms with Crippen LogP contribution in [0.4, 0.5) is 0 Å². The Morgan fingerprint density at radius 1 is 1.00 bits per heavy atom. The molecule has 26 heavy (non-hydrogen) atoms. The lowest BCUT2D eigenvalue weighted by Gasteiger charge is -2.14. The average Bonchev–Trinajstić information content (AvgIpc) is 2.64. The highest BCUT2D eigenvalue weighted by Crippen LogP contribution is 2.10. The van der Waals surface area contributed by atoms with Gasteiger partial charge in [0, 0.05) is 12.5 Å². The van der Waals surface area contributed by atoms with Gasteiger partial charge >= 0.3 is 0 Å². The Morgan fingerprint density at radius 2 is 1.69 bits per heavy atom. The molecule has 0 aromatic carbocycles. The maximum Gasteiger partial charge on any atom is 0.220 e. The summed E-state index contributed by atoms with van der Waals surface area (Å²) in [6, 6.07) is 0.240. The van der Waals surface area contributed by atoms with Crippen molar-refractivity contribution in [3.05, 3.63) is 19.1 Å². The maximum absolute atomic E-state index is 11.8. The first-order chi connectivity index (χ1) is 12.6. The minimum absolute atomic E-state index is 0.162. The van der Waals surface area contributed by atoms with E-state index in [2.05, 4.69) is 38.2 Å². The first-order valence-electron chi connectivity index (χ1n) is 11.1. The molecule has 0 bridgehead atoms. The number of nitrogens with one attached hydrogen (secondary N) is 1. The Hall–Kier alpha value is -0.830. The van der Waals surface area contributed by atoms with E-state index in [0.29, 0.717) is 6.42 Å². The van der Waals surface area contributed by atoms with Gasteiger partial charge in [-0.3, -0.25) is 4.79 Å². The Balaban J connectivity index is 3.41. The number of aliphatic hydroxyl groups is 1. The van der Waals surface area contributed by atoms with Crippen molar-refractivity contribution in [3.8, 4) is 0 Å². The fourth-order valence-electron chi connectivity index (χ4n) is 3.05. The highest BCUT2D eigenvalue weighted by Gasteiger charge is 2.07. The number of allylic oxidation sites excluding steroid dienone is 1. The van der Waals surface area contributed by atoms with Gasteiger partial charge in [-0.15, -0.1) is 0 Å². The molecule has 1 unspecified atom stereocenters. The van der Waals surface area contributed by atoms with Crippen LogP contribution in [-0.4, -0.2) is 23.2 Å². The lowest BCUT2D eigenvalue weighted by Crippen LogP contribution is -2.33. The minimum Gasteiger partial charge on any atom is -0.393 e. The fraction of sp³-hybridized carbons (Fsp3) is 0.826. The van der Waals surface area contributed by atoms with Crippen molar-refractivity contribution in [2.75, 3.05) is 0 Å². The molecule has 1 amide bonds. The molecular formula is C23H44NO2. The number of carbonyl (C=O) groups is 1. The van der Waals surface area contributed by atoms with Gasteiger partial charge in [0.25, 0.3) is 0 Å². The number of aliphatic hydroxyl groups excluding tert-OH is 1. The van der Waals surface area contributed by atoms with Gasteiger partial charge < -0.3 is 10.4 Å². The van der Waals surface area contributed by atoms with Crippen molar-refractivity contribution in [1.82, 2.24) is 5.32 Å². The van der Waals surface area contributed by atoms with Gasteiger partial charge in [-0.1, -0.05) is 77.9 Å². The largest absolute Gasteiger partial charge is 0.393 e. The Kier molecular flexibility index (Phi) is 18.3. The van der Waals surface area contributed by atoms with Crippen LogP contribution in [0.2, 0.25) is 0 Å². The van der Waals surface area contributed by atoms with E-state index in [1.807, 2.05) is 0 Å². The van der Waals surface area contributed by atoms with Crippen molar-refractivity contribution in [1.29, 1.82) is 0 Å². The molecule has 0 spiro atoms. The van der Waals surface area contributed by atoms with Gasteiger partial charge in [0.05, 0.1) is 6.10 Å². The molecule has 2 N–H and O–H groups in total. The number of hydrogen-bond donors (Lipinski definition) is 2. The summed E-state index contributed by atoms with van der Waals surface area (Å²) >= 11 is 0. The molecule has 0 rings (SSSR count). The number of unbranched alkanes of at least 4 members (excludes halogenated alkanes) is 8. The molecule has 0 aromatic heterocycles. The number of amides is 1. The van der Waals surface area contributed by atoms with E-state index >= 15 is 0 Å². The van der Waals surface area contributed by atoms with Gasteiger partial charge in [0.15, 0.2) is 0 Å². The molecule has 2 atom stereocenters. The summed E-state index contributed by atoms with van der Waals surface area (Å²) in [5.41, 5.74) is 0. The predicted molar refractivity (Wildman–Crippen MR) is 113 cm³/mol. The van der Waals surface area contributed by atoms with Gasteiger partial charge in [-0.2, -0.15) is 0 Å². The third-order valence-electron chi connectivity index (χ3n) is 4.95. The van der Waals surface area contributed by atoms with Crippen molar-refractivity contribution >= 4 is 5.91 Å². The van der Waals surface area contributed by atoms with E-state index in [9.17, 15) is 9.90 Å². The summed E-state index contributed by atoms with van der Waals surface area (Å²) in [5.74, 6) is 0.177. The maximum atomic E-state index is 11.8. The van der Waals surface area contributed by atoms with Crippen LogP contribution in [-0.2, 0) is 4.79 Å². The molecule has 0 saturated carbocycles. The van der Waals surface area contributed by atoms with Crippen LogP contribution in [0.3, 0.4) is 0 Å². The first kappa shape index (κ1) is 25.2. The van der Waals surface area contributed by atoms with Gasteiger partial charge in [0.1, 0.15) is 0 Å². The highest BCUT2D eigenvalue weighted by molar-refractivity contribution is 5.76.